The summed E-state index contributed by atoms with van der Waals surface area (Å²) < 4.78 is 18.7. The molecule has 0 saturated carbocycles. The zero-order valence-electron chi connectivity index (χ0n) is 8.50. The second-order valence-electron chi connectivity index (χ2n) is 3.66. The van der Waals surface area contributed by atoms with E-state index in [-0.39, 0.29) is 11.9 Å². The molecule has 1 aliphatic rings. The van der Waals surface area contributed by atoms with Gasteiger partial charge in [-0.15, -0.1) is 0 Å². The fourth-order valence-corrected chi connectivity index (χ4v) is 2.01. The van der Waals surface area contributed by atoms with E-state index in [1.54, 1.807) is 0 Å². The number of hydrogen-bond donors (Lipinski definition) is 1. The summed E-state index contributed by atoms with van der Waals surface area (Å²) in [7, 11) is 0. The van der Waals surface area contributed by atoms with Crippen molar-refractivity contribution in [1.82, 2.24) is 5.32 Å². The smallest absolute Gasteiger partial charge is 0.252 e. The van der Waals surface area contributed by atoms with Gasteiger partial charge in [0, 0.05) is 11.1 Å². The molecule has 0 aliphatic carbocycles. The Morgan fingerprint density at radius 2 is 2.38 bits per heavy atom. The van der Waals surface area contributed by atoms with Gasteiger partial charge in [0.15, 0.2) is 0 Å². The molecule has 1 amide bonds. The van der Waals surface area contributed by atoms with Crippen LogP contribution in [0.3, 0.4) is 0 Å². The van der Waals surface area contributed by atoms with Crippen LogP contribution in [0.25, 0.3) is 0 Å². The maximum atomic E-state index is 13.0. The van der Waals surface area contributed by atoms with Crippen LogP contribution < -0.4 is 5.32 Å². The molecule has 1 aromatic rings. The average Bonchev–Trinajstić information content (AvgIpc) is 2.74. The van der Waals surface area contributed by atoms with Gasteiger partial charge in [0.2, 0.25) is 0 Å². The number of hydrogen-bond acceptors (Lipinski definition) is 2. The van der Waals surface area contributed by atoms with E-state index in [0.29, 0.717) is 23.2 Å². The maximum Gasteiger partial charge on any atom is 0.252 e. The summed E-state index contributed by atoms with van der Waals surface area (Å²) >= 11 is 3.22. The molecule has 0 radical (unpaired) electrons. The first-order valence-electron chi connectivity index (χ1n) is 5.00. The highest BCUT2D eigenvalue weighted by molar-refractivity contribution is 9.10. The third kappa shape index (κ3) is 2.59. The number of amides is 1. The second-order valence-corrected chi connectivity index (χ2v) is 4.51. The van der Waals surface area contributed by atoms with E-state index in [4.69, 9.17) is 4.74 Å². The summed E-state index contributed by atoms with van der Waals surface area (Å²) in [5.41, 5.74) is 0.312. The van der Waals surface area contributed by atoms with Crippen molar-refractivity contribution in [2.24, 2.45) is 0 Å². The van der Waals surface area contributed by atoms with Gasteiger partial charge in [-0.3, -0.25) is 4.79 Å². The quantitative estimate of drug-likeness (QED) is 0.905. The molecule has 0 bridgehead atoms. The fourth-order valence-electron chi connectivity index (χ4n) is 1.58. The lowest BCUT2D eigenvalue weighted by molar-refractivity contribution is 0.0928. The summed E-state index contributed by atoms with van der Waals surface area (Å²) in [6.07, 6.45) is 0.804. The Labute approximate surface area is 101 Å². The Morgan fingerprint density at radius 3 is 3.06 bits per heavy atom. The first-order valence-corrected chi connectivity index (χ1v) is 5.80. The zero-order chi connectivity index (χ0) is 11.5. The summed E-state index contributed by atoms with van der Waals surface area (Å²) in [6, 6.07) is 4.08. The third-order valence-corrected chi connectivity index (χ3v) is 3.13. The SMILES string of the molecule is O=C(NC1CCOC1)c1cc(F)ccc1Br. The number of carbonyl (C=O) groups excluding carboxylic acids is 1. The molecule has 0 aromatic heterocycles. The first-order chi connectivity index (χ1) is 7.66. The topological polar surface area (TPSA) is 38.3 Å². The summed E-state index contributed by atoms with van der Waals surface area (Å²) in [4.78, 5) is 11.8. The first kappa shape index (κ1) is 11.5. The van der Waals surface area contributed by atoms with Gasteiger partial charge in [-0.25, -0.2) is 4.39 Å². The van der Waals surface area contributed by atoms with Crippen molar-refractivity contribution in [2.45, 2.75) is 12.5 Å². The van der Waals surface area contributed by atoms with Gasteiger partial charge in [-0.1, -0.05) is 0 Å². The van der Waals surface area contributed by atoms with Crippen LogP contribution in [0.4, 0.5) is 4.39 Å². The molecule has 1 N–H and O–H groups in total. The monoisotopic (exact) mass is 287 g/mol. The van der Waals surface area contributed by atoms with Crippen LogP contribution in [-0.4, -0.2) is 25.2 Å². The van der Waals surface area contributed by atoms with Crippen LogP contribution in [0.1, 0.15) is 16.8 Å². The van der Waals surface area contributed by atoms with Crippen molar-refractivity contribution >= 4 is 21.8 Å². The molecular formula is C11H11BrFNO2. The van der Waals surface area contributed by atoms with Crippen molar-refractivity contribution in [2.75, 3.05) is 13.2 Å². The molecule has 86 valence electrons. The van der Waals surface area contributed by atoms with Crippen LogP contribution in [0, 0.1) is 5.82 Å². The predicted octanol–water partition coefficient (Wildman–Crippen LogP) is 2.11. The summed E-state index contributed by atoms with van der Waals surface area (Å²) in [6.45, 7) is 1.19. The van der Waals surface area contributed by atoms with E-state index in [2.05, 4.69) is 21.2 Å². The van der Waals surface area contributed by atoms with Crippen molar-refractivity contribution in [3.63, 3.8) is 0 Å². The van der Waals surface area contributed by atoms with E-state index in [9.17, 15) is 9.18 Å². The normalized spacial score (nSPS) is 19.8. The van der Waals surface area contributed by atoms with Gasteiger partial charge in [-0.2, -0.15) is 0 Å². The Kier molecular flexibility index (Phi) is 3.56. The average molecular weight is 288 g/mol. The molecule has 1 heterocycles. The second kappa shape index (κ2) is 4.93. The van der Waals surface area contributed by atoms with Gasteiger partial charge < -0.3 is 10.1 Å². The molecule has 1 fully saturated rings. The van der Waals surface area contributed by atoms with E-state index in [1.807, 2.05) is 0 Å². The van der Waals surface area contributed by atoms with Crippen LogP contribution in [-0.2, 0) is 4.74 Å². The third-order valence-electron chi connectivity index (χ3n) is 2.44. The van der Waals surface area contributed by atoms with E-state index in [1.165, 1.54) is 18.2 Å². The largest absolute Gasteiger partial charge is 0.379 e. The fraction of sp³-hybridized carbons (Fsp3) is 0.364. The molecule has 2 rings (SSSR count). The minimum atomic E-state index is -0.420. The lowest BCUT2D eigenvalue weighted by atomic mass is 10.2. The van der Waals surface area contributed by atoms with E-state index >= 15 is 0 Å². The summed E-state index contributed by atoms with van der Waals surface area (Å²) in [5.74, 6) is -0.696. The van der Waals surface area contributed by atoms with Gasteiger partial charge in [0.25, 0.3) is 5.91 Å². The number of ether oxygens (including phenoxy) is 1. The van der Waals surface area contributed by atoms with Crippen molar-refractivity contribution in [3.8, 4) is 0 Å². The van der Waals surface area contributed by atoms with Crippen molar-refractivity contribution < 1.29 is 13.9 Å². The highest BCUT2D eigenvalue weighted by atomic mass is 79.9. The number of benzene rings is 1. The minimum absolute atomic E-state index is 0.0302. The van der Waals surface area contributed by atoms with Crippen LogP contribution >= 0.6 is 15.9 Å². The van der Waals surface area contributed by atoms with Crippen LogP contribution in [0.2, 0.25) is 0 Å². The molecule has 0 spiro atoms. The molecule has 3 nitrogen and oxygen atoms in total. The standard InChI is InChI=1S/C11H11BrFNO2/c12-10-2-1-7(13)5-9(10)11(15)14-8-3-4-16-6-8/h1-2,5,8H,3-4,6H2,(H,14,15). The molecule has 1 atom stereocenters. The number of halogens is 2. The molecule has 1 aromatic carbocycles. The Morgan fingerprint density at radius 1 is 1.56 bits per heavy atom. The van der Waals surface area contributed by atoms with Crippen molar-refractivity contribution in [1.29, 1.82) is 0 Å². The lowest BCUT2D eigenvalue weighted by Gasteiger charge is -2.11. The van der Waals surface area contributed by atoms with Gasteiger partial charge in [0.05, 0.1) is 18.2 Å². The number of nitrogens with one attached hydrogen (secondary N) is 1. The molecular weight excluding hydrogens is 277 g/mol. The summed E-state index contributed by atoms with van der Waals surface area (Å²) in [5, 5.41) is 2.80. The Hall–Kier alpha value is -0.940. The van der Waals surface area contributed by atoms with E-state index < -0.39 is 5.82 Å². The number of carbonyl (C=O) groups is 1. The predicted molar refractivity (Wildman–Crippen MR) is 60.8 cm³/mol. The maximum absolute atomic E-state index is 13.0. The van der Waals surface area contributed by atoms with Gasteiger partial charge in [-0.05, 0) is 40.5 Å². The van der Waals surface area contributed by atoms with Crippen molar-refractivity contribution in [3.05, 3.63) is 34.1 Å². The lowest BCUT2D eigenvalue weighted by Crippen LogP contribution is -2.35. The van der Waals surface area contributed by atoms with Crippen LogP contribution in [0.5, 0.6) is 0 Å². The number of rotatable bonds is 2. The molecule has 1 unspecified atom stereocenters. The minimum Gasteiger partial charge on any atom is -0.379 e. The molecule has 1 aliphatic heterocycles. The Bertz CT molecular complexity index is 405. The Balaban J connectivity index is 2.10. The molecule has 1 saturated heterocycles. The van der Waals surface area contributed by atoms with Gasteiger partial charge >= 0.3 is 0 Å². The molecule has 16 heavy (non-hydrogen) atoms. The highest BCUT2D eigenvalue weighted by Gasteiger charge is 2.19. The molecule has 5 heteroatoms. The highest BCUT2D eigenvalue weighted by Crippen LogP contribution is 2.18. The zero-order valence-corrected chi connectivity index (χ0v) is 10.1. The van der Waals surface area contributed by atoms with Gasteiger partial charge in [0.1, 0.15) is 5.82 Å². The van der Waals surface area contributed by atoms with E-state index in [0.717, 1.165) is 6.42 Å². The van der Waals surface area contributed by atoms with Crippen LogP contribution in [0.15, 0.2) is 22.7 Å².